The highest BCUT2D eigenvalue weighted by molar-refractivity contribution is 7.80. The maximum Gasteiger partial charge on any atom is 0.257 e. The summed E-state index contributed by atoms with van der Waals surface area (Å²) in [6.45, 7) is 3.00. The molecular weight excluding hydrogens is 386 g/mol. The summed E-state index contributed by atoms with van der Waals surface area (Å²) in [6.07, 6.45) is 0. The van der Waals surface area contributed by atoms with Crippen molar-refractivity contribution < 1.29 is 14.3 Å². The second kappa shape index (κ2) is 9.03. The summed E-state index contributed by atoms with van der Waals surface area (Å²) in [4.78, 5) is 14.4. The SMILES string of the molecule is COc1ccc(C(=O)NC(=S)Nc2ccc(N3CCOCC3)c(Cl)c2)cc1. The molecule has 0 aliphatic carbocycles. The number of rotatable bonds is 4. The Balaban J connectivity index is 1.59. The minimum Gasteiger partial charge on any atom is -0.497 e. The summed E-state index contributed by atoms with van der Waals surface area (Å²) in [5, 5.41) is 6.45. The number of benzene rings is 2. The fourth-order valence-corrected chi connectivity index (χ4v) is 3.24. The van der Waals surface area contributed by atoms with E-state index in [1.54, 1.807) is 37.4 Å². The molecule has 1 aliphatic heterocycles. The monoisotopic (exact) mass is 405 g/mol. The highest BCUT2D eigenvalue weighted by Gasteiger charge is 2.15. The van der Waals surface area contributed by atoms with Gasteiger partial charge in [0.2, 0.25) is 0 Å². The Labute approximate surface area is 168 Å². The Morgan fingerprint density at radius 1 is 1.19 bits per heavy atom. The molecular formula is C19H20ClN3O3S. The third-order valence-corrected chi connectivity index (χ3v) is 4.64. The predicted octanol–water partition coefficient (Wildman–Crippen LogP) is 3.31. The van der Waals surface area contributed by atoms with Gasteiger partial charge in [0, 0.05) is 24.3 Å². The predicted molar refractivity (Wildman–Crippen MR) is 111 cm³/mol. The maximum absolute atomic E-state index is 12.2. The van der Waals surface area contributed by atoms with Crippen LogP contribution in [-0.4, -0.2) is 44.4 Å². The van der Waals surface area contributed by atoms with Crippen LogP contribution in [0.15, 0.2) is 42.5 Å². The Morgan fingerprint density at radius 3 is 2.52 bits per heavy atom. The number of thiocarbonyl (C=S) groups is 1. The van der Waals surface area contributed by atoms with Crippen molar-refractivity contribution in [2.75, 3.05) is 43.6 Å². The number of ether oxygens (including phenoxy) is 2. The summed E-state index contributed by atoms with van der Waals surface area (Å²) < 4.78 is 10.4. The smallest absolute Gasteiger partial charge is 0.257 e. The molecule has 1 fully saturated rings. The number of carbonyl (C=O) groups is 1. The molecule has 1 saturated heterocycles. The van der Waals surface area contributed by atoms with Crippen LogP contribution >= 0.6 is 23.8 Å². The van der Waals surface area contributed by atoms with E-state index in [0.29, 0.717) is 35.2 Å². The maximum atomic E-state index is 12.2. The van der Waals surface area contributed by atoms with E-state index in [4.69, 9.17) is 33.3 Å². The quantitative estimate of drug-likeness (QED) is 0.761. The van der Waals surface area contributed by atoms with Gasteiger partial charge < -0.3 is 19.7 Å². The minimum atomic E-state index is -0.300. The fraction of sp³-hybridized carbons (Fsp3) is 0.263. The Morgan fingerprint density at radius 2 is 1.89 bits per heavy atom. The lowest BCUT2D eigenvalue weighted by molar-refractivity contribution is 0.0977. The Hall–Kier alpha value is -2.35. The highest BCUT2D eigenvalue weighted by atomic mass is 35.5. The molecule has 0 saturated carbocycles. The number of hydrogen-bond acceptors (Lipinski definition) is 5. The number of carbonyl (C=O) groups excluding carboxylic acids is 1. The summed E-state index contributed by atoms with van der Waals surface area (Å²) >= 11 is 11.6. The number of morpholine rings is 1. The number of nitrogens with zero attached hydrogens (tertiary/aromatic N) is 1. The van der Waals surface area contributed by atoms with Gasteiger partial charge in [-0.1, -0.05) is 11.6 Å². The number of methoxy groups -OCH3 is 1. The van der Waals surface area contributed by atoms with Crippen LogP contribution < -0.4 is 20.3 Å². The van der Waals surface area contributed by atoms with Gasteiger partial charge in [-0.2, -0.15) is 0 Å². The van der Waals surface area contributed by atoms with Gasteiger partial charge in [-0.3, -0.25) is 10.1 Å². The van der Waals surface area contributed by atoms with Crippen molar-refractivity contribution in [1.29, 1.82) is 0 Å². The van der Waals surface area contributed by atoms with Crippen LogP contribution in [0.1, 0.15) is 10.4 Å². The Bertz CT molecular complexity index is 823. The second-order valence-corrected chi connectivity index (χ2v) is 6.72. The molecule has 8 heteroatoms. The first-order valence-electron chi connectivity index (χ1n) is 8.45. The van der Waals surface area contributed by atoms with Crippen LogP contribution in [0.5, 0.6) is 5.75 Å². The molecule has 0 aromatic heterocycles. The minimum absolute atomic E-state index is 0.200. The first-order chi connectivity index (χ1) is 13.1. The lowest BCUT2D eigenvalue weighted by atomic mass is 10.2. The highest BCUT2D eigenvalue weighted by Crippen LogP contribution is 2.29. The van der Waals surface area contributed by atoms with Crippen molar-refractivity contribution >= 4 is 46.2 Å². The lowest BCUT2D eigenvalue weighted by Gasteiger charge is -2.29. The zero-order chi connectivity index (χ0) is 19.2. The van der Waals surface area contributed by atoms with Crippen molar-refractivity contribution in [2.24, 2.45) is 0 Å². The average molecular weight is 406 g/mol. The zero-order valence-electron chi connectivity index (χ0n) is 14.8. The average Bonchev–Trinajstić information content (AvgIpc) is 2.68. The molecule has 2 aromatic rings. The summed E-state index contributed by atoms with van der Waals surface area (Å²) in [5.41, 5.74) is 2.15. The van der Waals surface area contributed by atoms with Crippen LogP contribution in [0.3, 0.4) is 0 Å². The molecule has 6 nitrogen and oxygen atoms in total. The van der Waals surface area contributed by atoms with Crippen molar-refractivity contribution in [1.82, 2.24) is 5.32 Å². The van der Waals surface area contributed by atoms with Crippen molar-refractivity contribution in [2.45, 2.75) is 0 Å². The topological polar surface area (TPSA) is 62.8 Å². The van der Waals surface area contributed by atoms with E-state index in [-0.39, 0.29) is 11.0 Å². The van der Waals surface area contributed by atoms with E-state index in [0.717, 1.165) is 18.8 Å². The van der Waals surface area contributed by atoms with Gasteiger partial charge in [0.15, 0.2) is 5.11 Å². The second-order valence-electron chi connectivity index (χ2n) is 5.90. The Kier molecular flexibility index (Phi) is 6.49. The van der Waals surface area contributed by atoms with Gasteiger partial charge in [-0.05, 0) is 54.7 Å². The fourth-order valence-electron chi connectivity index (χ4n) is 2.73. The first kappa shape index (κ1) is 19.4. The molecule has 2 N–H and O–H groups in total. The molecule has 0 unspecified atom stereocenters. The number of amides is 1. The lowest BCUT2D eigenvalue weighted by Crippen LogP contribution is -2.36. The third kappa shape index (κ3) is 5.09. The van der Waals surface area contributed by atoms with Gasteiger partial charge in [-0.15, -0.1) is 0 Å². The van der Waals surface area contributed by atoms with Gasteiger partial charge in [0.1, 0.15) is 5.75 Å². The van der Waals surface area contributed by atoms with E-state index in [2.05, 4.69) is 15.5 Å². The molecule has 1 heterocycles. The van der Waals surface area contributed by atoms with E-state index >= 15 is 0 Å². The number of anilines is 2. The van der Waals surface area contributed by atoms with Crippen molar-refractivity contribution in [3.8, 4) is 5.75 Å². The number of nitrogens with one attached hydrogen (secondary N) is 2. The van der Waals surface area contributed by atoms with Crippen LogP contribution in [0.2, 0.25) is 5.02 Å². The molecule has 0 radical (unpaired) electrons. The van der Waals surface area contributed by atoms with Crippen LogP contribution in [-0.2, 0) is 4.74 Å². The molecule has 0 bridgehead atoms. The molecule has 142 valence electrons. The standard InChI is InChI=1S/C19H20ClN3O3S/c1-25-15-5-2-13(3-6-15)18(24)22-19(27)21-14-4-7-17(16(20)12-14)23-8-10-26-11-9-23/h2-7,12H,8-11H2,1H3,(H2,21,22,24,27). The molecule has 3 rings (SSSR count). The van der Waals surface area contributed by atoms with Gasteiger partial charge in [0.05, 0.1) is 31.0 Å². The normalized spacial score (nSPS) is 13.8. The van der Waals surface area contributed by atoms with Gasteiger partial charge in [-0.25, -0.2) is 0 Å². The zero-order valence-corrected chi connectivity index (χ0v) is 16.4. The van der Waals surface area contributed by atoms with Crippen LogP contribution in [0, 0.1) is 0 Å². The van der Waals surface area contributed by atoms with Crippen LogP contribution in [0.4, 0.5) is 11.4 Å². The third-order valence-electron chi connectivity index (χ3n) is 4.14. The van der Waals surface area contributed by atoms with Crippen LogP contribution in [0.25, 0.3) is 0 Å². The number of halogens is 1. The number of hydrogen-bond donors (Lipinski definition) is 2. The molecule has 0 atom stereocenters. The molecule has 2 aromatic carbocycles. The first-order valence-corrected chi connectivity index (χ1v) is 9.24. The summed E-state index contributed by atoms with van der Waals surface area (Å²) in [6, 6.07) is 12.4. The molecule has 0 spiro atoms. The largest absolute Gasteiger partial charge is 0.497 e. The summed E-state index contributed by atoms with van der Waals surface area (Å²) in [7, 11) is 1.57. The van der Waals surface area contributed by atoms with E-state index in [1.807, 2.05) is 12.1 Å². The molecule has 27 heavy (non-hydrogen) atoms. The van der Waals surface area contributed by atoms with E-state index < -0.39 is 0 Å². The van der Waals surface area contributed by atoms with Crippen molar-refractivity contribution in [3.63, 3.8) is 0 Å². The van der Waals surface area contributed by atoms with E-state index in [9.17, 15) is 4.79 Å². The summed E-state index contributed by atoms with van der Waals surface area (Å²) in [5.74, 6) is 0.383. The molecule has 1 amide bonds. The molecule has 1 aliphatic rings. The van der Waals surface area contributed by atoms with Gasteiger partial charge >= 0.3 is 0 Å². The van der Waals surface area contributed by atoms with E-state index in [1.165, 1.54) is 0 Å². The van der Waals surface area contributed by atoms with Crippen molar-refractivity contribution in [3.05, 3.63) is 53.1 Å². The van der Waals surface area contributed by atoms with Gasteiger partial charge in [0.25, 0.3) is 5.91 Å².